The number of guanidine groups is 1. The smallest absolute Gasteiger partial charge is 0.220 e. The van der Waals surface area contributed by atoms with Gasteiger partial charge in [-0.1, -0.05) is 23.2 Å². The minimum atomic E-state index is 0. The van der Waals surface area contributed by atoms with E-state index in [0.717, 1.165) is 25.0 Å². The lowest BCUT2D eigenvalue weighted by molar-refractivity contribution is -0.121. The van der Waals surface area contributed by atoms with Gasteiger partial charge in [-0.05, 0) is 25.3 Å². The van der Waals surface area contributed by atoms with Gasteiger partial charge in [0.2, 0.25) is 5.91 Å². The van der Waals surface area contributed by atoms with Gasteiger partial charge in [-0.25, -0.2) is 0 Å². The zero-order valence-electron chi connectivity index (χ0n) is 13.9. The number of carbonyl (C=O) groups is 1. The van der Waals surface area contributed by atoms with Crippen LogP contribution in [-0.4, -0.2) is 36.1 Å². The highest BCUT2D eigenvalue weighted by atomic mass is 127. The molecule has 1 amide bonds. The number of nitrogens with one attached hydrogen (secondary N) is 3. The molecular formula is C15H24Cl2IN5O. The summed E-state index contributed by atoms with van der Waals surface area (Å²) in [7, 11) is 3.57. The van der Waals surface area contributed by atoms with Crippen molar-refractivity contribution in [1.82, 2.24) is 20.5 Å². The molecule has 1 aromatic rings. The summed E-state index contributed by atoms with van der Waals surface area (Å²) in [5, 5.41) is 10.4. The largest absolute Gasteiger partial charge is 0.356 e. The molecule has 0 atom stereocenters. The quantitative estimate of drug-likeness (QED) is 0.239. The Morgan fingerprint density at radius 2 is 2.08 bits per heavy atom. The molecule has 24 heavy (non-hydrogen) atoms. The SMILES string of the molecule is CN=C(NCCCC(=O)NC1CC1)NCc1cc(Cl)c(Cl)n1C.I. The summed E-state index contributed by atoms with van der Waals surface area (Å²) in [5.74, 6) is 0.811. The normalized spacial score (nSPS) is 14.1. The van der Waals surface area contributed by atoms with Crippen molar-refractivity contribution < 1.29 is 4.79 Å². The highest BCUT2D eigenvalue weighted by Gasteiger charge is 2.22. The average molecular weight is 488 g/mol. The van der Waals surface area contributed by atoms with Crippen LogP contribution in [0.15, 0.2) is 11.1 Å². The summed E-state index contributed by atoms with van der Waals surface area (Å²) in [6.07, 6.45) is 3.53. The first-order chi connectivity index (χ1) is 11.0. The second-order valence-corrected chi connectivity index (χ2v) is 6.40. The molecule has 1 aliphatic carbocycles. The van der Waals surface area contributed by atoms with Crippen molar-refractivity contribution >= 4 is 59.0 Å². The van der Waals surface area contributed by atoms with E-state index in [-0.39, 0.29) is 29.9 Å². The highest BCUT2D eigenvalue weighted by Crippen LogP contribution is 2.24. The van der Waals surface area contributed by atoms with Crippen LogP contribution in [-0.2, 0) is 18.4 Å². The number of hydrogen-bond acceptors (Lipinski definition) is 2. The van der Waals surface area contributed by atoms with E-state index in [1.54, 1.807) is 7.05 Å². The molecular weight excluding hydrogens is 464 g/mol. The first-order valence-electron chi connectivity index (χ1n) is 7.74. The molecule has 0 spiro atoms. The number of aliphatic imine (C=N–C) groups is 1. The van der Waals surface area contributed by atoms with Crippen LogP contribution >= 0.6 is 47.2 Å². The van der Waals surface area contributed by atoms with E-state index in [1.807, 2.05) is 17.7 Å². The van der Waals surface area contributed by atoms with E-state index in [1.165, 1.54) is 0 Å². The predicted octanol–water partition coefficient (Wildman–Crippen LogP) is 2.67. The first kappa shape index (κ1) is 21.4. The van der Waals surface area contributed by atoms with Gasteiger partial charge in [0.15, 0.2) is 5.96 Å². The fourth-order valence-corrected chi connectivity index (χ4v) is 2.55. The Morgan fingerprint density at radius 1 is 1.38 bits per heavy atom. The molecule has 2 rings (SSSR count). The maximum Gasteiger partial charge on any atom is 0.220 e. The van der Waals surface area contributed by atoms with Gasteiger partial charge < -0.3 is 20.5 Å². The zero-order chi connectivity index (χ0) is 16.8. The van der Waals surface area contributed by atoms with Crippen molar-refractivity contribution in [3.63, 3.8) is 0 Å². The summed E-state index contributed by atoms with van der Waals surface area (Å²) in [5.41, 5.74) is 0.965. The zero-order valence-corrected chi connectivity index (χ0v) is 17.7. The van der Waals surface area contributed by atoms with E-state index in [4.69, 9.17) is 23.2 Å². The highest BCUT2D eigenvalue weighted by molar-refractivity contribution is 14.0. The summed E-state index contributed by atoms with van der Waals surface area (Å²) < 4.78 is 1.83. The second-order valence-electron chi connectivity index (χ2n) is 5.63. The molecule has 1 saturated carbocycles. The van der Waals surface area contributed by atoms with Crippen molar-refractivity contribution in [1.29, 1.82) is 0 Å². The number of hydrogen-bond donors (Lipinski definition) is 3. The maximum atomic E-state index is 11.6. The van der Waals surface area contributed by atoms with Gasteiger partial charge >= 0.3 is 0 Å². The Bertz CT molecular complexity index is 587. The lowest BCUT2D eigenvalue weighted by Gasteiger charge is -2.12. The summed E-state index contributed by atoms with van der Waals surface area (Å²) in [4.78, 5) is 15.7. The Hall–Kier alpha value is -0.670. The van der Waals surface area contributed by atoms with Crippen LogP contribution < -0.4 is 16.0 Å². The van der Waals surface area contributed by atoms with E-state index in [2.05, 4.69) is 20.9 Å². The molecule has 0 saturated heterocycles. The van der Waals surface area contributed by atoms with Crippen LogP contribution in [0.25, 0.3) is 0 Å². The number of aromatic nitrogens is 1. The molecule has 0 radical (unpaired) electrons. The molecule has 1 fully saturated rings. The Labute approximate surface area is 169 Å². The first-order valence-corrected chi connectivity index (χ1v) is 8.50. The van der Waals surface area contributed by atoms with Gasteiger partial charge in [0, 0.05) is 38.8 Å². The van der Waals surface area contributed by atoms with Crippen LogP contribution in [0, 0.1) is 0 Å². The number of rotatable bonds is 7. The maximum absolute atomic E-state index is 11.6. The molecule has 3 N–H and O–H groups in total. The van der Waals surface area contributed by atoms with Crippen molar-refractivity contribution in [3.05, 3.63) is 21.9 Å². The number of carbonyl (C=O) groups excluding carboxylic acids is 1. The minimum absolute atomic E-state index is 0. The molecule has 0 aromatic carbocycles. The Balaban J connectivity index is 0.00000288. The van der Waals surface area contributed by atoms with Crippen LogP contribution in [0.1, 0.15) is 31.4 Å². The third kappa shape index (κ3) is 6.68. The van der Waals surface area contributed by atoms with E-state index in [0.29, 0.717) is 41.7 Å². The monoisotopic (exact) mass is 487 g/mol. The molecule has 6 nitrogen and oxygen atoms in total. The van der Waals surface area contributed by atoms with Crippen LogP contribution in [0.3, 0.4) is 0 Å². The van der Waals surface area contributed by atoms with Crippen molar-refractivity contribution in [2.24, 2.45) is 12.0 Å². The molecule has 0 aliphatic heterocycles. The van der Waals surface area contributed by atoms with Crippen molar-refractivity contribution in [2.45, 2.75) is 38.3 Å². The van der Waals surface area contributed by atoms with Gasteiger partial charge in [0.05, 0.1) is 11.6 Å². The number of nitrogens with zero attached hydrogens (tertiary/aromatic N) is 2. The third-order valence-corrected chi connectivity index (χ3v) is 4.53. The molecule has 0 unspecified atom stereocenters. The van der Waals surface area contributed by atoms with Gasteiger partial charge in [-0.2, -0.15) is 0 Å². The fraction of sp³-hybridized carbons (Fsp3) is 0.600. The standard InChI is InChI=1S/C15H23Cl2N5O.HI/c1-18-15(19-7-3-4-13(23)21-10-5-6-10)20-9-11-8-12(16)14(17)22(11)2;/h8,10H,3-7,9H2,1-2H3,(H,21,23)(H2,18,19,20);1H. The Kier molecular flexibility index (Phi) is 9.22. The van der Waals surface area contributed by atoms with Gasteiger partial charge in [0.1, 0.15) is 5.15 Å². The summed E-state index contributed by atoms with van der Waals surface area (Å²) in [6.45, 7) is 1.25. The lowest BCUT2D eigenvalue weighted by atomic mass is 10.3. The fourth-order valence-electron chi connectivity index (χ4n) is 2.14. The molecule has 1 aromatic heterocycles. The topological polar surface area (TPSA) is 70.4 Å². The van der Waals surface area contributed by atoms with E-state index < -0.39 is 0 Å². The summed E-state index contributed by atoms with van der Waals surface area (Å²) in [6, 6.07) is 2.25. The van der Waals surface area contributed by atoms with Gasteiger partial charge in [0.25, 0.3) is 0 Å². The van der Waals surface area contributed by atoms with Gasteiger partial charge in [-0.3, -0.25) is 9.79 Å². The molecule has 9 heteroatoms. The summed E-state index contributed by atoms with van der Waals surface area (Å²) >= 11 is 12.0. The van der Waals surface area contributed by atoms with Crippen molar-refractivity contribution in [2.75, 3.05) is 13.6 Å². The number of halogens is 3. The van der Waals surface area contributed by atoms with Crippen LogP contribution in [0.5, 0.6) is 0 Å². The predicted molar refractivity (Wildman–Crippen MR) is 109 cm³/mol. The molecule has 1 aliphatic rings. The van der Waals surface area contributed by atoms with E-state index in [9.17, 15) is 4.79 Å². The average Bonchev–Trinajstić information content (AvgIpc) is 3.30. The lowest BCUT2D eigenvalue weighted by Crippen LogP contribution is -2.38. The third-order valence-electron chi connectivity index (χ3n) is 3.69. The van der Waals surface area contributed by atoms with Crippen LogP contribution in [0.2, 0.25) is 10.2 Å². The minimum Gasteiger partial charge on any atom is -0.356 e. The molecule has 136 valence electrons. The van der Waals surface area contributed by atoms with Crippen molar-refractivity contribution in [3.8, 4) is 0 Å². The Morgan fingerprint density at radius 3 is 2.62 bits per heavy atom. The van der Waals surface area contributed by atoms with Crippen LogP contribution in [0.4, 0.5) is 0 Å². The van der Waals surface area contributed by atoms with E-state index >= 15 is 0 Å². The molecule has 1 heterocycles. The second kappa shape index (κ2) is 10.4. The molecule has 0 bridgehead atoms. The van der Waals surface area contributed by atoms with Gasteiger partial charge in [-0.15, -0.1) is 24.0 Å². The number of amides is 1.